The van der Waals surface area contributed by atoms with Crippen molar-refractivity contribution in [2.24, 2.45) is 0 Å². The van der Waals surface area contributed by atoms with Gasteiger partial charge < -0.3 is 4.42 Å². The van der Waals surface area contributed by atoms with Gasteiger partial charge in [-0.05, 0) is 75.4 Å². The lowest BCUT2D eigenvalue weighted by Gasteiger charge is -2.27. The maximum Gasteiger partial charge on any atom is 0.260 e. The molecule has 146 valence electrons. The van der Waals surface area contributed by atoms with Gasteiger partial charge in [0.2, 0.25) is 0 Å². The summed E-state index contributed by atoms with van der Waals surface area (Å²) in [5, 5.41) is 4.50. The molecule has 3 aromatic heterocycles. The van der Waals surface area contributed by atoms with Crippen molar-refractivity contribution >= 4 is 11.7 Å². The van der Waals surface area contributed by atoms with Crippen LogP contribution in [0.15, 0.2) is 77.5 Å². The van der Waals surface area contributed by atoms with Gasteiger partial charge in [-0.2, -0.15) is 5.10 Å². The van der Waals surface area contributed by atoms with Gasteiger partial charge in [0, 0.05) is 17.5 Å². The highest BCUT2D eigenvalue weighted by Gasteiger charge is 2.27. The van der Waals surface area contributed by atoms with E-state index < -0.39 is 0 Å². The summed E-state index contributed by atoms with van der Waals surface area (Å²) in [4.78, 5) is 19.5. The van der Waals surface area contributed by atoms with E-state index in [1.165, 1.54) is 0 Å². The number of carbonyl (C=O) groups is 1. The first-order valence-corrected chi connectivity index (χ1v) is 9.46. The van der Waals surface area contributed by atoms with Crippen molar-refractivity contribution < 1.29 is 9.21 Å². The maximum atomic E-state index is 13.4. The van der Waals surface area contributed by atoms with E-state index >= 15 is 0 Å². The van der Waals surface area contributed by atoms with E-state index in [0.29, 0.717) is 17.1 Å². The van der Waals surface area contributed by atoms with Gasteiger partial charge in [-0.3, -0.25) is 9.69 Å². The average molecular weight is 386 g/mol. The van der Waals surface area contributed by atoms with Gasteiger partial charge in [0.05, 0.1) is 23.7 Å². The SMILES string of the molecule is Cc1cc(C)n(-c2ccc(C(=O)N(c3ccccn3)[C@@H](C)c3ccco3)cc2)n1. The number of furan rings is 1. The first-order chi connectivity index (χ1) is 14.0. The standard InChI is InChI=1S/C23H22N4O2/c1-16-15-17(2)27(25-16)20-11-9-19(10-12-20)23(28)26(22-8-4-5-13-24-22)18(3)21-7-6-14-29-21/h4-15,18H,1-3H3/t18-/m0/s1. The molecule has 0 radical (unpaired) electrons. The minimum atomic E-state index is -0.303. The Morgan fingerprint density at radius 1 is 1.07 bits per heavy atom. The molecule has 0 spiro atoms. The zero-order valence-electron chi connectivity index (χ0n) is 16.6. The lowest BCUT2D eigenvalue weighted by molar-refractivity contribution is 0.0974. The van der Waals surface area contributed by atoms with Crippen LogP contribution in [0.1, 0.15) is 40.5 Å². The summed E-state index contributed by atoms with van der Waals surface area (Å²) >= 11 is 0. The molecule has 1 amide bonds. The van der Waals surface area contributed by atoms with Crippen molar-refractivity contribution in [3.63, 3.8) is 0 Å². The third kappa shape index (κ3) is 3.69. The summed E-state index contributed by atoms with van der Waals surface area (Å²) in [5.41, 5.74) is 3.48. The number of pyridine rings is 1. The summed E-state index contributed by atoms with van der Waals surface area (Å²) in [6.07, 6.45) is 3.28. The number of aromatic nitrogens is 3. The van der Waals surface area contributed by atoms with Crippen molar-refractivity contribution in [2.75, 3.05) is 4.90 Å². The van der Waals surface area contributed by atoms with Crippen molar-refractivity contribution in [2.45, 2.75) is 26.8 Å². The molecular weight excluding hydrogens is 364 g/mol. The minimum absolute atomic E-state index is 0.146. The van der Waals surface area contributed by atoms with Crippen LogP contribution in [-0.4, -0.2) is 20.7 Å². The van der Waals surface area contributed by atoms with Gasteiger partial charge in [0.1, 0.15) is 11.6 Å². The van der Waals surface area contributed by atoms with Gasteiger partial charge in [0.15, 0.2) is 0 Å². The maximum absolute atomic E-state index is 13.4. The van der Waals surface area contributed by atoms with Gasteiger partial charge in [0.25, 0.3) is 5.91 Å². The number of rotatable bonds is 5. The molecule has 0 aliphatic heterocycles. The van der Waals surface area contributed by atoms with Crippen LogP contribution < -0.4 is 4.90 Å². The molecule has 29 heavy (non-hydrogen) atoms. The molecule has 0 fully saturated rings. The topological polar surface area (TPSA) is 64.2 Å². The quantitative estimate of drug-likeness (QED) is 0.490. The highest BCUT2D eigenvalue weighted by Crippen LogP contribution is 2.28. The molecule has 0 saturated carbocycles. The normalized spacial score (nSPS) is 12.0. The third-order valence-electron chi connectivity index (χ3n) is 4.83. The summed E-state index contributed by atoms with van der Waals surface area (Å²) in [7, 11) is 0. The first kappa shape index (κ1) is 18.7. The monoisotopic (exact) mass is 386 g/mol. The Balaban J connectivity index is 1.68. The van der Waals surface area contributed by atoms with Gasteiger partial charge >= 0.3 is 0 Å². The lowest BCUT2D eigenvalue weighted by atomic mass is 10.1. The Morgan fingerprint density at radius 3 is 2.45 bits per heavy atom. The molecule has 4 aromatic rings. The number of aryl methyl sites for hydroxylation is 2. The Hall–Kier alpha value is -3.67. The third-order valence-corrected chi connectivity index (χ3v) is 4.83. The van der Waals surface area contributed by atoms with E-state index in [9.17, 15) is 4.79 Å². The molecular formula is C23H22N4O2. The Bertz CT molecular complexity index is 1100. The first-order valence-electron chi connectivity index (χ1n) is 9.46. The summed E-state index contributed by atoms with van der Waals surface area (Å²) in [6.45, 7) is 5.89. The molecule has 0 saturated heterocycles. The number of hydrogen-bond donors (Lipinski definition) is 0. The Kier molecular flexibility index (Phi) is 4.99. The fourth-order valence-electron chi connectivity index (χ4n) is 3.41. The number of benzene rings is 1. The molecule has 6 nitrogen and oxygen atoms in total. The van der Waals surface area contributed by atoms with Crippen LogP contribution in [0.25, 0.3) is 5.69 Å². The fraction of sp³-hybridized carbons (Fsp3) is 0.174. The van der Waals surface area contributed by atoms with Crippen molar-refractivity contribution in [3.8, 4) is 5.69 Å². The van der Waals surface area contributed by atoms with Gasteiger partial charge in [-0.1, -0.05) is 6.07 Å². The van der Waals surface area contributed by atoms with Crippen molar-refractivity contribution in [3.05, 3.63) is 95.8 Å². The number of hydrogen-bond acceptors (Lipinski definition) is 4. The predicted molar refractivity (Wildman–Crippen MR) is 111 cm³/mol. The van der Waals surface area contributed by atoms with E-state index in [2.05, 4.69) is 10.1 Å². The zero-order chi connectivity index (χ0) is 20.4. The smallest absolute Gasteiger partial charge is 0.260 e. The van der Waals surface area contributed by atoms with E-state index in [1.807, 2.05) is 86.1 Å². The molecule has 1 aromatic carbocycles. The zero-order valence-corrected chi connectivity index (χ0v) is 16.6. The second-order valence-electron chi connectivity index (χ2n) is 6.94. The van der Waals surface area contributed by atoms with Crippen LogP contribution in [0, 0.1) is 13.8 Å². The van der Waals surface area contributed by atoms with Crippen LogP contribution in [0.5, 0.6) is 0 Å². The predicted octanol–water partition coefficient (Wildman–Crippen LogP) is 4.89. The molecule has 6 heteroatoms. The summed E-state index contributed by atoms with van der Waals surface area (Å²) in [5.74, 6) is 1.12. The molecule has 0 N–H and O–H groups in total. The van der Waals surface area contributed by atoms with Crippen LogP contribution >= 0.6 is 0 Å². The molecule has 0 aliphatic rings. The van der Waals surface area contributed by atoms with E-state index in [1.54, 1.807) is 17.4 Å². The van der Waals surface area contributed by atoms with Crippen molar-refractivity contribution in [1.82, 2.24) is 14.8 Å². The van der Waals surface area contributed by atoms with Gasteiger partial charge in [-0.25, -0.2) is 9.67 Å². The average Bonchev–Trinajstić information content (AvgIpc) is 3.38. The molecule has 3 heterocycles. The second kappa shape index (κ2) is 7.75. The number of carbonyl (C=O) groups excluding carboxylic acids is 1. The highest BCUT2D eigenvalue weighted by atomic mass is 16.3. The number of nitrogens with zero attached hydrogens (tertiary/aromatic N) is 4. The molecule has 4 rings (SSSR count). The van der Waals surface area contributed by atoms with E-state index in [0.717, 1.165) is 17.1 Å². The number of anilines is 1. The van der Waals surface area contributed by atoms with Crippen molar-refractivity contribution in [1.29, 1.82) is 0 Å². The van der Waals surface area contributed by atoms with Crippen LogP contribution in [-0.2, 0) is 0 Å². The summed E-state index contributed by atoms with van der Waals surface area (Å²) in [6, 6.07) is 18.4. The molecule has 0 unspecified atom stereocenters. The highest BCUT2D eigenvalue weighted by molar-refractivity contribution is 6.06. The second-order valence-corrected chi connectivity index (χ2v) is 6.94. The molecule has 0 bridgehead atoms. The van der Waals surface area contributed by atoms with Crippen LogP contribution in [0.2, 0.25) is 0 Å². The Morgan fingerprint density at radius 2 is 1.86 bits per heavy atom. The van der Waals surface area contributed by atoms with Crippen LogP contribution in [0.4, 0.5) is 5.82 Å². The minimum Gasteiger partial charge on any atom is -0.467 e. The van der Waals surface area contributed by atoms with E-state index in [-0.39, 0.29) is 11.9 Å². The van der Waals surface area contributed by atoms with E-state index in [4.69, 9.17) is 4.42 Å². The van der Waals surface area contributed by atoms with Gasteiger partial charge in [-0.15, -0.1) is 0 Å². The fourth-order valence-corrected chi connectivity index (χ4v) is 3.41. The molecule has 0 aliphatic carbocycles. The van der Waals surface area contributed by atoms with Crippen LogP contribution in [0.3, 0.4) is 0 Å². The molecule has 1 atom stereocenters. The Labute approximate surface area is 169 Å². The summed E-state index contributed by atoms with van der Waals surface area (Å²) < 4.78 is 7.41. The number of amides is 1. The largest absolute Gasteiger partial charge is 0.467 e. The lowest BCUT2D eigenvalue weighted by Crippen LogP contribution is -2.34.